The van der Waals surface area contributed by atoms with E-state index in [1.54, 1.807) is 0 Å². The van der Waals surface area contributed by atoms with Crippen LogP contribution in [-0.4, -0.2) is 96.7 Å². The second kappa shape index (κ2) is 75.5. The van der Waals surface area contributed by atoms with Crippen LogP contribution < -0.4 is 0 Å². The number of ether oxygens (including phenoxy) is 4. The van der Waals surface area contributed by atoms with Crippen molar-refractivity contribution in [2.24, 2.45) is 11.8 Å². The highest BCUT2D eigenvalue weighted by Crippen LogP contribution is 2.45. The van der Waals surface area contributed by atoms with E-state index in [-0.39, 0.29) is 25.7 Å². The first-order valence-electron chi connectivity index (χ1n) is 43.5. The lowest BCUT2D eigenvalue weighted by Gasteiger charge is -2.21. The Hall–Kier alpha value is -1.94. The highest BCUT2D eigenvalue weighted by Gasteiger charge is 2.30. The fourth-order valence-corrected chi connectivity index (χ4v) is 14.6. The second-order valence-electron chi connectivity index (χ2n) is 30.9. The molecule has 0 radical (unpaired) electrons. The van der Waals surface area contributed by atoms with Crippen LogP contribution in [0.25, 0.3) is 0 Å². The number of hydrogen-bond donors (Lipinski definition) is 3. The Bertz CT molecular complexity index is 1980. The Kier molecular flexibility index (Phi) is 74.1. The van der Waals surface area contributed by atoms with Gasteiger partial charge in [-0.2, -0.15) is 0 Å². The van der Waals surface area contributed by atoms with E-state index in [0.717, 1.165) is 102 Å². The van der Waals surface area contributed by atoms with Gasteiger partial charge in [-0.15, -0.1) is 0 Å². The summed E-state index contributed by atoms with van der Waals surface area (Å²) in [5.74, 6) is -0.412. The number of phosphoric ester groups is 2. The van der Waals surface area contributed by atoms with Crippen LogP contribution in [0.15, 0.2) is 0 Å². The minimum absolute atomic E-state index is 0.107. The molecule has 0 aliphatic carbocycles. The van der Waals surface area contributed by atoms with Gasteiger partial charge in [0.2, 0.25) is 0 Å². The third-order valence-corrected chi connectivity index (χ3v) is 22.0. The minimum Gasteiger partial charge on any atom is -0.462 e. The minimum atomic E-state index is -4.96. The number of unbranched alkanes of at least 4 members (excludes halogenated alkanes) is 52. The lowest BCUT2D eigenvalue weighted by Crippen LogP contribution is -2.30. The Morgan fingerprint density at radius 2 is 0.495 bits per heavy atom. The van der Waals surface area contributed by atoms with Crippen molar-refractivity contribution in [3.05, 3.63) is 0 Å². The topological polar surface area (TPSA) is 237 Å². The average molecular weight is 1510 g/mol. The third-order valence-electron chi connectivity index (χ3n) is 20.1. The van der Waals surface area contributed by atoms with Crippen molar-refractivity contribution in [1.82, 2.24) is 0 Å². The summed E-state index contributed by atoms with van der Waals surface area (Å²) in [6.07, 6.45) is 66.7. The largest absolute Gasteiger partial charge is 0.472 e. The van der Waals surface area contributed by atoms with Crippen molar-refractivity contribution >= 4 is 39.5 Å². The summed E-state index contributed by atoms with van der Waals surface area (Å²) in [6, 6.07) is 0. The molecule has 0 heterocycles. The van der Waals surface area contributed by atoms with E-state index in [0.29, 0.717) is 25.7 Å². The van der Waals surface area contributed by atoms with Crippen LogP contribution in [0.1, 0.15) is 446 Å². The van der Waals surface area contributed by atoms with Gasteiger partial charge in [0.1, 0.15) is 19.3 Å². The first-order chi connectivity index (χ1) is 49.9. The molecule has 0 amide bonds. The van der Waals surface area contributed by atoms with E-state index in [1.165, 1.54) is 263 Å². The third kappa shape index (κ3) is 76.6. The van der Waals surface area contributed by atoms with Gasteiger partial charge in [-0.3, -0.25) is 37.3 Å². The maximum absolute atomic E-state index is 13.1. The van der Waals surface area contributed by atoms with Crippen LogP contribution in [0.5, 0.6) is 0 Å². The quantitative estimate of drug-likeness (QED) is 0.0222. The molecule has 0 rings (SSSR count). The van der Waals surface area contributed by atoms with E-state index in [4.69, 9.17) is 37.0 Å². The van der Waals surface area contributed by atoms with Crippen molar-refractivity contribution in [2.75, 3.05) is 39.6 Å². The summed E-state index contributed by atoms with van der Waals surface area (Å²) in [6.45, 7) is 9.73. The summed E-state index contributed by atoms with van der Waals surface area (Å²) < 4.78 is 68.7. The lowest BCUT2D eigenvalue weighted by molar-refractivity contribution is -0.161. The van der Waals surface area contributed by atoms with Crippen LogP contribution in [0.3, 0.4) is 0 Å². The van der Waals surface area contributed by atoms with E-state index < -0.39 is 97.5 Å². The lowest BCUT2D eigenvalue weighted by atomic mass is 9.99. The van der Waals surface area contributed by atoms with Gasteiger partial charge in [0.25, 0.3) is 0 Å². The summed E-state index contributed by atoms with van der Waals surface area (Å²) in [4.78, 5) is 73.0. The molecular weight excluding hydrogens is 1340 g/mol. The molecule has 0 bridgehead atoms. The van der Waals surface area contributed by atoms with Crippen molar-refractivity contribution < 1.29 is 80.2 Å². The van der Waals surface area contributed by atoms with Crippen LogP contribution >= 0.6 is 15.6 Å². The summed E-state index contributed by atoms with van der Waals surface area (Å²) in [7, 11) is -9.92. The zero-order chi connectivity index (χ0) is 75.6. The highest BCUT2D eigenvalue weighted by molar-refractivity contribution is 7.47. The summed E-state index contributed by atoms with van der Waals surface area (Å²) in [5.41, 5.74) is 0. The number of carbonyl (C=O) groups is 4. The molecule has 0 aliphatic rings. The van der Waals surface area contributed by atoms with E-state index in [1.807, 2.05) is 0 Å². The summed E-state index contributed by atoms with van der Waals surface area (Å²) >= 11 is 0. The number of hydrogen-bond acceptors (Lipinski definition) is 15. The predicted molar refractivity (Wildman–Crippen MR) is 423 cm³/mol. The van der Waals surface area contributed by atoms with Gasteiger partial charge in [-0.05, 0) is 37.5 Å². The maximum Gasteiger partial charge on any atom is 0.472 e. The van der Waals surface area contributed by atoms with E-state index in [2.05, 4.69) is 41.5 Å². The first-order valence-corrected chi connectivity index (χ1v) is 46.5. The zero-order valence-electron chi connectivity index (χ0n) is 67.6. The molecular formula is C84H164O17P2. The van der Waals surface area contributed by atoms with E-state index >= 15 is 0 Å². The molecule has 0 aliphatic heterocycles. The number of aliphatic hydroxyl groups excluding tert-OH is 1. The molecule has 17 nitrogen and oxygen atoms in total. The normalized spacial score (nSPS) is 14.1. The number of aliphatic hydroxyl groups is 1. The Balaban J connectivity index is 5.17. The first kappa shape index (κ1) is 101. The average Bonchev–Trinajstić information content (AvgIpc) is 0.951. The fourth-order valence-electron chi connectivity index (χ4n) is 13.0. The van der Waals surface area contributed by atoms with Gasteiger partial charge in [0, 0.05) is 25.7 Å². The van der Waals surface area contributed by atoms with Gasteiger partial charge in [-0.1, -0.05) is 395 Å². The molecule has 0 saturated heterocycles. The molecule has 6 atom stereocenters. The smallest absolute Gasteiger partial charge is 0.462 e. The monoisotopic (exact) mass is 1510 g/mol. The second-order valence-corrected chi connectivity index (χ2v) is 33.8. The van der Waals surface area contributed by atoms with Crippen LogP contribution in [0.2, 0.25) is 0 Å². The number of phosphoric acid groups is 2. The number of carbonyl (C=O) groups excluding carboxylic acids is 4. The van der Waals surface area contributed by atoms with Crippen molar-refractivity contribution in [3.8, 4) is 0 Å². The van der Waals surface area contributed by atoms with Crippen LogP contribution in [0, 0.1) is 11.8 Å². The molecule has 19 heteroatoms. The molecule has 0 spiro atoms. The van der Waals surface area contributed by atoms with Crippen molar-refractivity contribution in [1.29, 1.82) is 0 Å². The number of rotatable bonds is 83. The van der Waals surface area contributed by atoms with Gasteiger partial charge >= 0.3 is 39.5 Å². The van der Waals surface area contributed by atoms with Gasteiger partial charge in [0.05, 0.1) is 26.4 Å². The Morgan fingerprint density at radius 3 is 0.738 bits per heavy atom. The maximum atomic E-state index is 13.1. The van der Waals surface area contributed by atoms with Crippen molar-refractivity contribution in [2.45, 2.75) is 464 Å². The zero-order valence-corrected chi connectivity index (χ0v) is 69.4. The van der Waals surface area contributed by atoms with E-state index in [9.17, 15) is 43.2 Å². The van der Waals surface area contributed by atoms with Crippen LogP contribution in [0.4, 0.5) is 0 Å². The molecule has 103 heavy (non-hydrogen) atoms. The molecule has 0 aromatic heterocycles. The van der Waals surface area contributed by atoms with Gasteiger partial charge in [0.15, 0.2) is 12.2 Å². The predicted octanol–water partition coefficient (Wildman–Crippen LogP) is 25.5. The molecule has 0 aromatic carbocycles. The standard InChI is InChI=1S/C84H164O17P2/c1-7-10-12-14-16-18-42-48-54-60-66-81(86)94-72-79(100-83(88)68-62-56-50-43-19-17-15-13-11-8-2)74-98-102(90,91)96-70-78(85)71-97-103(92,93)99-75-80(73-95-82(87)67-61-55-49-44-38-34-30-26-22-20-24-28-32-36-40-46-52-58-64-76(4)5)101-84(89)69-63-57-51-45-39-35-31-27-23-21-25-29-33-37-41-47-53-59-65-77(6)9-3/h76-80,85H,7-75H2,1-6H3,(H,90,91)(H,92,93)/t77?,78-,79+,80+/m0/s1. The summed E-state index contributed by atoms with van der Waals surface area (Å²) in [5, 5.41) is 10.6. The molecule has 3 N–H and O–H groups in total. The molecule has 0 aromatic rings. The molecule has 612 valence electrons. The van der Waals surface area contributed by atoms with Crippen LogP contribution in [-0.2, 0) is 65.4 Å². The van der Waals surface area contributed by atoms with Gasteiger partial charge < -0.3 is 33.8 Å². The van der Waals surface area contributed by atoms with Gasteiger partial charge in [-0.25, -0.2) is 9.13 Å². The fraction of sp³-hybridized carbons (Fsp3) is 0.952. The molecule has 0 fully saturated rings. The number of esters is 4. The molecule has 0 saturated carbocycles. The Labute approximate surface area is 632 Å². The SMILES string of the molecule is CCCCCCCCCCCCC(=O)OC[C@H](COP(=O)(O)OC[C@H](O)COP(=O)(O)OC[C@@H](COC(=O)CCCCCCCCCCCCCCCCCCCCC(C)C)OC(=O)CCCCCCCCCCCCCCCCCCCCC(C)CC)OC(=O)CCCCCCCCCCCC. The molecule has 3 unspecified atom stereocenters. The van der Waals surface area contributed by atoms with Crippen molar-refractivity contribution in [3.63, 3.8) is 0 Å². The highest BCUT2D eigenvalue weighted by atomic mass is 31.2. The Morgan fingerprint density at radius 1 is 0.282 bits per heavy atom.